The van der Waals surface area contributed by atoms with Gasteiger partial charge < -0.3 is 4.90 Å². The van der Waals surface area contributed by atoms with E-state index in [9.17, 15) is 4.79 Å². The molecule has 72 valence electrons. The molecule has 1 heterocycles. The molecular weight excluding hydrogens is 164 g/mol. The first kappa shape index (κ1) is 10.0. The normalized spacial score (nSPS) is 22.9. The summed E-state index contributed by atoms with van der Waals surface area (Å²) in [5, 5.41) is 8.81. The summed E-state index contributed by atoms with van der Waals surface area (Å²) in [4.78, 5) is 13.5. The Bertz CT molecular complexity index is 247. The molecule has 0 aromatic rings. The van der Waals surface area contributed by atoms with Gasteiger partial charge in [-0.2, -0.15) is 5.26 Å². The average Bonchev–Trinajstić information content (AvgIpc) is 2.48. The van der Waals surface area contributed by atoms with Gasteiger partial charge in [0, 0.05) is 12.0 Å². The van der Waals surface area contributed by atoms with E-state index in [0.717, 1.165) is 19.4 Å². The zero-order valence-electron chi connectivity index (χ0n) is 8.50. The first-order valence-electron chi connectivity index (χ1n) is 4.67. The molecule has 0 radical (unpaired) electrons. The molecule has 1 aliphatic rings. The van der Waals surface area contributed by atoms with Crippen molar-refractivity contribution in [2.45, 2.75) is 39.7 Å². The molecule has 0 spiro atoms. The van der Waals surface area contributed by atoms with Crippen LogP contribution in [0.4, 0.5) is 0 Å². The maximum Gasteiger partial charge on any atom is 0.229 e. The highest BCUT2D eigenvalue weighted by molar-refractivity contribution is 5.82. The number of carbonyl (C=O) groups is 1. The van der Waals surface area contributed by atoms with Crippen molar-refractivity contribution in [1.82, 2.24) is 4.90 Å². The maximum atomic E-state index is 11.8. The van der Waals surface area contributed by atoms with E-state index in [4.69, 9.17) is 5.26 Å². The predicted molar refractivity (Wildman–Crippen MR) is 49.8 cm³/mol. The van der Waals surface area contributed by atoms with Crippen LogP contribution in [0, 0.1) is 16.7 Å². The number of nitrogens with zero attached hydrogens (tertiary/aromatic N) is 2. The number of hydrogen-bond acceptors (Lipinski definition) is 2. The van der Waals surface area contributed by atoms with Gasteiger partial charge in [-0.25, -0.2) is 0 Å². The second kappa shape index (κ2) is 3.37. The van der Waals surface area contributed by atoms with Gasteiger partial charge in [-0.1, -0.05) is 20.8 Å². The number of nitriles is 1. The standard InChI is InChI=1S/C10H16N2O/c1-10(2,3)9(13)12-6-4-5-8(12)7-11/h8H,4-6H2,1-3H3. The molecule has 0 aromatic heterocycles. The second-order valence-electron chi connectivity index (χ2n) is 4.54. The van der Waals surface area contributed by atoms with Crippen molar-refractivity contribution in [2.75, 3.05) is 6.54 Å². The molecule has 13 heavy (non-hydrogen) atoms. The summed E-state index contributed by atoms with van der Waals surface area (Å²) in [6.07, 6.45) is 1.79. The van der Waals surface area contributed by atoms with Gasteiger partial charge in [0.2, 0.25) is 5.91 Å². The van der Waals surface area contributed by atoms with Crippen molar-refractivity contribution in [3.63, 3.8) is 0 Å². The molecule has 0 N–H and O–H groups in total. The van der Waals surface area contributed by atoms with Gasteiger partial charge in [0.25, 0.3) is 0 Å². The van der Waals surface area contributed by atoms with E-state index >= 15 is 0 Å². The lowest BCUT2D eigenvalue weighted by atomic mass is 9.94. The molecule has 1 saturated heterocycles. The van der Waals surface area contributed by atoms with Crippen molar-refractivity contribution in [3.8, 4) is 6.07 Å². The smallest absolute Gasteiger partial charge is 0.229 e. The highest BCUT2D eigenvalue weighted by Crippen LogP contribution is 2.24. The Morgan fingerprint density at radius 3 is 2.62 bits per heavy atom. The number of hydrogen-bond donors (Lipinski definition) is 0. The third-order valence-electron chi connectivity index (χ3n) is 2.30. The number of rotatable bonds is 0. The quantitative estimate of drug-likeness (QED) is 0.567. The monoisotopic (exact) mass is 180 g/mol. The fraction of sp³-hybridized carbons (Fsp3) is 0.800. The van der Waals surface area contributed by atoms with Crippen LogP contribution in [0.5, 0.6) is 0 Å². The number of amides is 1. The van der Waals surface area contributed by atoms with Crippen LogP contribution in [0.15, 0.2) is 0 Å². The number of likely N-dealkylation sites (tertiary alicyclic amines) is 1. The van der Waals surface area contributed by atoms with E-state index in [1.165, 1.54) is 0 Å². The zero-order chi connectivity index (χ0) is 10.1. The van der Waals surface area contributed by atoms with Crippen molar-refractivity contribution in [1.29, 1.82) is 5.26 Å². The molecule has 1 unspecified atom stereocenters. The summed E-state index contributed by atoms with van der Waals surface area (Å²) >= 11 is 0. The summed E-state index contributed by atoms with van der Waals surface area (Å²) in [6, 6.07) is 1.98. The van der Waals surface area contributed by atoms with Crippen LogP contribution in [0.25, 0.3) is 0 Å². The van der Waals surface area contributed by atoms with E-state index in [2.05, 4.69) is 6.07 Å². The molecule has 1 rings (SSSR count). The summed E-state index contributed by atoms with van der Waals surface area (Å²) in [7, 11) is 0. The molecule has 0 saturated carbocycles. The average molecular weight is 180 g/mol. The third-order valence-corrected chi connectivity index (χ3v) is 2.30. The summed E-state index contributed by atoms with van der Waals surface area (Å²) < 4.78 is 0. The van der Waals surface area contributed by atoms with E-state index in [1.54, 1.807) is 4.90 Å². The van der Waals surface area contributed by atoms with Crippen molar-refractivity contribution in [3.05, 3.63) is 0 Å². The van der Waals surface area contributed by atoms with Crippen LogP contribution < -0.4 is 0 Å². The van der Waals surface area contributed by atoms with Crippen LogP contribution in [-0.4, -0.2) is 23.4 Å². The summed E-state index contributed by atoms with van der Waals surface area (Å²) in [5.74, 6) is 0.0940. The van der Waals surface area contributed by atoms with E-state index in [-0.39, 0.29) is 17.4 Å². The first-order valence-corrected chi connectivity index (χ1v) is 4.67. The van der Waals surface area contributed by atoms with Crippen molar-refractivity contribution in [2.24, 2.45) is 5.41 Å². The highest BCUT2D eigenvalue weighted by atomic mass is 16.2. The minimum absolute atomic E-state index is 0.0940. The van der Waals surface area contributed by atoms with E-state index in [0.29, 0.717) is 0 Å². The van der Waals surface area contributed by atoms with Crippen LogP contribution in [0.1, 0.15) is 33.6 Å². The summed E-state index contributed by atoms with van der Waals surface area (Å²) in [5.41, 5.74) is -0.362. The van der Waals surface area contributed by atoms with Gasteiger partial charge in [-0.3, -0.25) is 4.79 Å². The molecule has 3 heteroatoms. The molecule has 0 bridgehead atoms. The first-order chi connectivity index (χ1) is 5.96. The summed E-state index contributed by atoms with van der Waals surface area (Å²) in [6.45, 7) is 6.42. The fourth-order valence-corrected chi connectivity index (χ4v) is 1.57. The largest absolute Gasteiger partial charge is 0.326 e. The van der Waals surface area contributed by atoms with Gasteiger partial charge in [0.1, 0.15) is 6.04 Å². The molecular formula is C10H16N2O. The third kappa shape index (κ3) is 2.00. The van der Waals surface area contributed by atoms with Gasteiger partial charge >= 0.3 is 0 Å². The Balaban J connectivity index is 2.73. The molecule has 1 aliphatic heterocycles. The highest BCUT2D eigenvalue weighted by Gasteiger charge is 2.34. The minimum Gasteiger partial charge on any atom is -0.326 e. The Hall–Kier alpha value is -1.04. The van der Waals surface area contributed by atoms with Gasteiger partial charge in [-0.05, 0) is 12.8 Å². The predicted octanol–water partition coefficient (Wildman–Crippen LogP) is 1.55. The molecule has 1 amide bonds. The van der Waals surface area contributed by atoms with Gasteiger partial charge in [0.15, 0.2) is 0 Å². The number of carbonyl (C=O) groups excluding carboxylic acids is 1. The van der Waals surface area contributed by atoms with Gasteiger partial charge in [-0.15, -0.1) is 0 Å². The van der Waals surface area contributed by atoms with Crippen molar-refractivity contribution < 1.29 is 4.79 Å². The van der Waals surface area contributed by atoms with Crippen LogP contribution in [0.2, 0.25) is 0 Å². The lowest BCUT2D eigenvalue weighted by Gasteiger charge is -2.27. The van der Waals surface area contributed by atoms with E-state index in [1.807, 2.05) is 20.8 Å². The fourth-order valence-electron chi connectivity index (χ4n) is 1.57. The molecule has 1 fully saturated rings. The Labute approximate surface area is 79.3 Å². The Morgan fingerprint density at radius 1 is 1.54 bits per heavy atom. The van der Waals surface area contributed by atoms with Crippen LogP contribution in [-0.2, 0) is 4.79 Å². The minimum atomic E-state index is -0.362. The second-order valence-corrected chi connectivity index (χ2v) is 4.54. The van der Waals surface area contributed by atoms with Gasteiger partial charge in [0.05, 0.1) is 6.07 Å². The molecule has 0 aliphatic carbocycles. The SMILES string of the molecule is CC(C)(C)C(=O)N1CCCC1C#N. The van der Waals surface area contributed by atoms with E-state index < -0.39 is 0 Å². The lowest BCUT2D eigenvalue weighted by Crippen LogP contribution is -2.41. The topological polar surface area (TPSA) is 44.1 Å². The van der Waals surface area contributed by atoms with Crippen LogP contribution >= 0.6 is 0 Å². The zero-order valence-corrected chi connectivity index (χ0v) is 8.50. The van der Waals surface area contributed by atoms with Crippen molar-refractivity contribution >= 4 is 5.91 Å². The molecule has 0 aromatic carbocycles. The van der Waals surface area contributed by atoms with Crippen LogP contribution in [0.3, 0.4) is 0 Å². The maximum absolute atomic E-state index is 11.8. The Kier molecular flexibility index (Phi) is 2.60. The Morgan fingerprint density at radius 2 is 2.15 bits per heavy atom. The molecule has 1 atom stereocenters. The molecule has 3 nitrogen and oxygen atoms in total. The lowest BCUT2D eigenvalue weighted by molar-refractivity contribution is -0.139.